The molecular formula is C25H25F2N3O3. The van der Waals surface area contributed by atoms with Gasteiger partial charge in [-0.05, 0) is 60.9 Å². The van der Waals surface area contributed by atoms with E-state index >= 15 is 0 Å². The number of halogens is 2. The van der Waals surface area contributed by atoms with Crippen molar-refractivity contribution in [2.45, 2.75) is 20.0 Å². The van der Waals surface area contributed by atoms with Crippen molar-refractivity contribution in [3.63, 3.8) is 0 Å². The lowest BCUT2D eigenvalue weighted by molar-refractivity contribution is -0.119. The zero-order valence-corrected chi connectivity index (χ0v) is 18.1. The second-order valence-electron chi connectivity index (χ2n) is 7.33. The highest BCUT2D eigenvalue weighted by Gasteiger charge is 2.08. The van der Waals surface area contributed by atoms with E-state index in [1.807, 2.05) is 19.1 Å². The van der Waals surface area contributed by atoms with Crippen LogP contribution in [0.25, 0.3) is 0 Å². The third kappa shape index (κ3) is 7.60. The van der Waals surface area contributed by atoms with Gasteiger partial charge in [-0.3, -0.25) is 9.59 Å². The summed E-state index contributed by atoms with van der Waals surface area (Å²) in [7, 11) is 0. The molecule has 0 spiro atoms. The first-order chi connectivity index (χ1) is 15.9. The van der Waals surface area contributed by atoms with Crippen LogP contribution in [0.3, 0.4) is 0 Å². The highest BCUT2D eigenvalue weighted by atomic mass is 19.3. The SMILES string of the molecule is Cc1ccc(NC(=O)c2ccccc2)cc1NCC(=O)NCCc1ccc(OC(F)F)cc1. The minimum Gasteiger partial charge on any atom is -0.435 e. The topological polar surface area (TPSA) is 79.5 Å². The van der Waals surface area contributed by atoms with E-state index in [-0.39, 0.29) is 24.1 Å². The van der Waals surface area contributed by atoms with E-state index in [4.69, 9.17) is 0 Å². The van der Waals surface area contributed by atoms with E-state index < -0.39 is 6.61 Å². The van der Waals surface area contributed by atoms with Crippen LogP contribution in [0.1, 0.15) is 21.5 Å². The number of hydrogen-bond acceptors (Lipinski definition) is 4. The van der Waals surface area contributed by atoms with Crippen LogP contribution in [-0.4, -0.2) is 31.5 Å². The molecule has 0 radical (unpaired) electrons. The van der Waals surface area contributed by atoms with Crippen molar-refractivity contribution >= 4 is 23.2 Å². The smallest absolute Gasteiger partial charge is 0.387 e. The molecule has 8 heteroatoms. The Labute approximate surface area is 191 Å². The second-order valence-corrected chi connectivity index (χ2v) is 7.33. The number of ether oxygens (including phenoxy) is 1. The van der Waals surface area contributed by atoms with E-state index in [1.165, 1.54) is 12.1 Å². The molecule has 172 valence electrons. The first kappa shape index (κ1) is 23.7. The van der Waals surface area contributed by atoms with E-state index in [0.29, 0.717) is 24.2 Å². The van der Waals surface area contributed by atoms with Gasteiger partial charge in [0, 0.05) is 23.5 Å². The number of carbonyl (C=O) groups is 2. The minimum absolute atomic E-state index is 0.0676. The van der Waals surface area contributed by atoms with E-state index in [2.05, 4.69) is 20.7 Å². The predicted octanol–water partition coefficient (Wildman–Crippen LogP) is 4.62. The lowest BCUT2D eigenvalue weighted by Gasteiger charge is -2.13. The molecule has 3 rings (SSSR count). The highest BCUT2D eigenvalue weighted by molar-refractivity contribution is 6.04. The Morgan fingerprint density at radius 1 is 0.970 bits per heavy atom. The number of carbonyl (C=O) groups excluding carboxylic acids is 2. The van der Waals surface area contributed by atoms with Gasteiger partial charge in [-0.1, -0.05) is 36.4 Å². The lowest BCUT2D eigenvalue weighted by atomic mass is 10.1. The Balaban J connectivity index is 1.45. The molecule has 33 heavy (non-hydrogen) atoms. The number of rotatable bonds is 10. The molecule has 0 atom stereocenters. The fourth-order valence-corrected chi connectivity index (χ4v) is 3.10. The Morgan fingerprint density at radius 2 is 1.70 bits per heavy atom. The van der Waals surface area contributed by atoms with Crippen molar-refractivity contribution in [1.29, 1.82) is 0 Å². The van der Waals surface area contributed by atoms with Crippen LogP contribution in [-0.2, 0) is 11.2 Å². The molecule has 0 heterocycles. The molecule has 0 aromatic heterocycles. The molecule has 6 nitrogen and oxygen atoms in total. The molecule has 0 saturated heterocycles. The van der Waals surface area contributed by atoms with Gasteiger partial charge in [-0.2, -0.15) is 8.78 Å². The van der Waals surface area contributed by atoms with Gasteiger partial charge in [0.25, 0.3) is 5.91 Å². The largest absolute Gasteiger partial charge is 0.435 e. The highest BCUT2D eigenvalue weighted by Crippen LogP contribution is 2.21. The number of aryl methyl sites for hydroxylation is 1. The van der Waals surface area contributed by atoms with Crippen molar-refractivity contribution in [3.8, 4) is 5.75 Å². The summed E-state index contributed by atoms with van der Waals surface area (Å²) in [5, 5.41) is 8.75. The molecule has 3 aromatic carbocycles. The quantitative estimate of drug-likeness (QED) is 0.419. The average Bonchev–Trinajstić information content (AvgIpc) is 2.80. The molecule has 0 aliphatic rings. The van der Waals surface area contributed by atoms with Gasteiger partial charge in [0.2, 0.25) is 5.91 Å². The normalized spacial score (nSPS) is 10.5. The van der Waals surface area contributed by atoms with Crippen LogP contribution in [0, 0.1) is 6.92 Å². The monoisotopic (exact) mass is 453 g/mol. The molecule has 0 fully saturated rings. The summed E-state index contributed by atoms with van der Waals surface area (Å²) in [5.74, 6) is -0.303. The second kappa shape index (κ2) is 11.6. The Morgan fingerprint density at radius 3 is 2.39 bits per heavy atom. The maximum atomic E-state index is 12.3. The van der Waals surface area contributed by atoms with Gasteiger partial charge in [0.05, 0.1) is 6.54 Å². The zero-order chi connectivity index (χ0) is 23.6. The number of alkyl halides is 2. The Hall–Kier alpha value is -3.94. The fourth-order valence-electron chi connectivity index (χ4n) is 3.10. The summed E-state index contributed by atoms with van der Waals surface area (Å²) in [6, 6.07) is 20.7. The summed E-state index contributed by atoms with van der Waals surface area (Å²) in [4.78, 5) is 24.5. The van der Waals surface area contributed by atoms with E-state index in [1.54, 1.807) is 48.5 Å². The Kier molecular flexibility index (Phi) is 8.35. The summed E-state index contributed by atoms with van der Waals surface area (Å²) < 4.78 is 28.7. The average molecular weight is 453 g/mol. The summed E-state index contributed by atoms with van der Waals surface area (Å²) >= 11 is 0. The van der Waals surface area contributed by atoms with E-state index in [0.717, 1.165) is 16.8 Å². The van der Waals surface area contributed by atoms with Crippen molar-refractivity contribution in [1.82, 2.24) is 5.32 Å². The third-order valence-electron chi connectivity index (χ3n) is 4.86. The Bertz CT molecular complexity index is 1070. The van der Waals surface area contributed by atoms with Gasteiger partial charge in [-0.15, -0.1) is 0 Å². The molecule has 0 aliphatic heterocycles. The standard InChI is InChI=1S/C25H25F2N3O3/c1-17-7-10-20(30-24(32)19-5-3-2-4-6-19)15-22(17)29-16-23(31)28-14-13-18-8-11-21(12-9-18)33-25(26)27/h2-12,15,25,29H,13-14,16H2,1H3,(H,28,31)(H,30,32). The fraction of sp³-hybridized carbons (Fsp3) is 0.200. The maximum absolute atomic E-state index is 12.3. The summed E-state index contributed by atoms with van der Waals surface area (Å²) in [6.45, 7) is -0.475. The zero-order valence-electron chi connectivity index (χ0n) is 18.1. The first-order valence-corrected chi connectivity index (χ1v) is 10.4. The van der Waals surface area contributed by atoms with Crippen molar-refractivity contribution < 1.29 is 23.1 Å². The van der Waals surface area contributed by atoms with Gasteiger partial charge >= 0.3 is 6.61 Å². The van der Waals surface area contributed by atoms with Crippen LogP contribution in [0.4, 0.5) is 20.2 Å². The minimum atomic E-state index is -2.85. The van der Waals surface area contributed by atoms with Gasteiger partial charge in [0.15, 0.2) is 0 Å². The number of amides is 2. The van der Waals surface area contributed by atoms with Crippen molar-refractivity contribution in [2.24, 2.45) is 0 Å². The number of benzene rings is 3. The molecular weight excluding hydrogens is 428 g/mol. The van der Waals surface area contributed by atoms with Crippen LogP contribution in [0.15, 0.2) is 72.8 Å². The van der Waals surface area contributed by atoms with Crippen LogP contribution >= 0.6 is 0 Å². The van der Waals surface area contributed by atoms with Crippen LogP contribution < -0.4 is 20.7 Å². The summed E-state index contributed by atoms with van der Waals surface area (Å²) in [6.07, 6.45) is 0.556. The molecule has 0 aliphatic carbocycles. The molecule has 2 amide bonds. The van der Waals surface area contributed by atoms with Gasteiger partial charge in [0.1, 0.15) is 5.75 Å². The third-order valence-corrected chi connectivity index (χ3v) is 4.86. The van der Waals surface area contributed by atoms with Crippen molar-refractivity contribution in [3.05, 3.63) is 89.5 Å². The van der Waals surface area contributed by atoms with E-state index in [9.17, 15) is 18.4 Å². The van der Waals surface area contributed by atoms with Crippen molar-refractivity contribution in [2.75, 3.05) is 23.7 Å². The van der Waals surface area contributed by atoms with Gasteiger partial charge in [-0.25, -0.2) is 0 Å². The number of hydrogen-bond donors (Lipinski definition) is 3. The molecule has 0 saturated carbocycles. The molecule has 3 aromatic rings. The molecule has 3 N–H and O–H groups in total. The first-order valence-electron chi connectivity index (χ1n) is 10.4. The molecule has 0 unspecified atom stereocenters. The predicted molar refractivity (Wildman–Crippen MR) is 124 cm³/mol. The molecule has 0 bridgehead atoms. The number of anilines is 2. The van der Waals surface area contributed by atoms with Crippen LogP contribution in [0.2, 0.25) is 0 Å². The van der Waals surface area contributed by atoms with Gasteiger partial charge < -0.3 is 20.7 Å². The van der Waals surface area contributed by atoms with Crippen LogP contribution in [0.5, 0.6) is 5.75 Å². The number of nitrogens with one attached hydrogen (secondary N) is 3. The summed E-state index contributed by atoms with van der Waals surface area (Å²) in [5.41, 5.74) is 3.75. The maximum Gasteiger partial charge on any atom is 0.387 e. The lowest BCUT2D eigenvalue weighted by Crippen LogP contribution is -2.31.